The van der Waals surface area contributed by atoms with E-state index in [2.05, 4.69) is 41.0 Å². The number of nitrogens with zero attached hydrogens (tertiary/aromatic N) is 3. The summed E-state index contributed by atoms with van der Waals surface area (Å²) >= 11 is 1.66. The molecule has 2 aromatic rings. The largest absolute Gasteiger partial charge is 0.477 e. The first kappa shape index (κ1) is 15.7. The molecule has 0 bridgehead atoms. The molecule has 21 heavy (non-hydrogen) atoms. The summed E-state index contributed by atoms with van der Waals surface area (Å²) in [7, 11) is 1.85. The van der Waals surface area contributed by atoms with Crippen molar-refractivity contribution in [3.63, 3.8) is 0 Å². The zero-order chi connectivity index (χ0) is 15.5. The van der Waals surface area contributed by atoms with Gasteiger partial charge in [0.1, 0.15) is 11.6 Å². The second kappa shape index (κ2) is 6.39. The number of hydrogen-bond acceptors (Lipinski definition) is 6. The van der Waals surface area contributed by atoms with Gasteiger partial charge in [0.25, 0.3) is 0 Å². The lowest BCUT2D eigenvalue weighted by molar-refractivity contribution is 0.306. The number of anilines is 1. The molecule has 0 saturated heterocycles. The van der Waals surface area contributed by atoms with Gasteiger partial charge in [-0.25, -0.2) is 9.97 Å². The van der Waals surface area contributed by atoms with Crippen molar-refractivity contribution in [2.75, 3.05) is 19.0 Å². The molecule has 6 heteroatoms. The Bertz CT molecular complexity index is 604. The van der Waals surface area contributed by atoms with Gasteiger partial charge in [0.2, 0.25) is 5.88 Å². The highest BCUT2D eigenvalue weighted by Gasteiger charge is 2.19. The van der Waals surface area contributed by atoms with Crippen LogP contribution in [0.2, 0.25) is 0 Å². The predicted octanol–water partition coefficient (Wildman–Crippen LogP) is 3.20. The van der Waals surface area contributed by atoms with Crippen LogP contribution in [-0.4, -0.2) is 28.6 Å². The Morgan fingerprint density at radius 2 is 2.05 bits per heavy atom. The molecule has 5 nitrogen and oxygen atoms in total. The molecular formula is C15H22N4OS. The molecule has 0 aromatic carbocycles. The molecule has 2 aromatic heterocycles. The Hall–Kier alpha value is -1.69. The average Bonchev–Trinajstić information content (AvgIpc) is 2.83. The van der Waals surface area contributed by atoms with E-state index in [1.807, 2.05) is 25.5 Å². The van der Waals surface area contributed by atoms with E-state index in [9.17, 15) is 0 Å². The highest BCUT2D eigenvalue weighted by Crippen LogP contribution is 2.23. The summed E-state index contributed by atoms with van der Waals surface area (Å²) in [4.78, 5) is 14.5. The molecule has 0 amide bonds. The third kappa shape index (κ3) is 4.14. The Labute approximate surface area is 129 Å². The van der Waals surface area contributed by atoms with Gasteiger partial charge in [0.05, 0.1) is 17.8 Å². The minimum absolute atomic E-state index is 0.112. The van der Waals surface area contributed by atoms with Crippen molar-refractivity contribution in [1.29, 1.82) is 0 Å². The third-order valence-corrected chi connectivity index (χ3v) is 4.05. The monoisotopic (exact) mass is 306 g/mol. The van der Waals surface area contributed by atoms with E-state index in [4.69, 9.17) is 4.74 Å². The summed E-state index contributed by atoms with van der Waals surface area (Å²) in [5.74, 6) is 2.17. The Morgan fingerprint density at radius 1 is 1.29 bits per heavy atom. The zero-order valence-corrected chi connectivity index (χ0v) is 14.0. The number of nitrogens with one attached hydrogen (secondary N) is 1. The van der Waals surface area contributed by atoms with Crippen LogP contribution in [0.4, 0.5) is 5.82 Å². The van der Waals surface area contributed by atoms with Crippen LogP contribution in [0.15, 0.2) is 11.6 Å². The topological polar surface area (TPSA) is 59.9 Å². The molecule has 0 unspecified atom stereocenters. The molecule has 0 aliphatic rings. The minimum Gasteiger partial charge on any atom is -0.477 e. The Kier molecular flexibility index (Phi) is 4.77. The summed E-state index contributed by atoms with van der Waals surface area (Å²) in [5.41, 5.74) is 2.84. The van der Waals surface area contributed by atoms with Crippen LogP contribution < -0.4 is 10.1 Å². The molecule has 2 heterocycles. The normalized spacial score (nSPS) is 11.5. The maximum Gasteiger partial charge on any atom is 0.218 e. The maximum absolute atomic E-state index is 5.80. The minimum atomic E-state index is -0.112. The first-order valence-electron chi connectivity index (χ1n) is 6.99. The molecule has 0 atom stereocenters. The van der Waals surface area contributed by atoms with E-state index >= 15 is 0 Å². The number of rotatable bonds is 5. The van der Waals surface area contributed by atoms with Crippen molar-refractivity contribution in [1.82, 2.24) is 15.0 Å². The van der Waals surface area contributed by atoms with Crippen molar-refractivity contribution >= 4 is 17.2 Å². The summed E-state index contributed by atoms with van der Waals surface area (Å²) in [6.45, 7) is 8.88. The molecule has 114 valence electrons. The highest BCUT2D eigenvalue weighted by atomic mass is 32.1. The Morgan fingerprint density at radius 3 is 2.62 bits per heavy atom. The first-order chi connectivity index (χ1) is 9.90. The molecule has 0 aliphatic carbocycles. The maximum atomic E-state index is 5.80. The van der Waals surface area contributed by atoms with Crippen molar-refractivity contribution in [3.8, 4) is 5.88 Å². The molecule has 2 rings (SSSR count). The first-order valence-corrected chi connectivity index (χ1v) is 7.87. The van der Waals surface area contributed by atoms with E-state index in [1.165, 1.54) is 4.88 Å². The Balaban J connectivity index is 2.07. The molecule has 1 N–H and O–H groups in total. The van der Waals surface area contributed by atoms with Crippen molar-refractivity contribution in [3.05, 3.63) is 28.0 Å². The van der Waals surface area contributed by atoms with Gasteiger partial charge >= 0.3 is 0 Å². The van der Waals surface area contributed by atoms with Crippen molar-refractivity contribution in [2.45, 2.75) is 39.5 Å². The van der Waals surface area contributed by atoms with Crippen LogP contribution in [0.25, 0.3) is 0 Å². The van der Waals surface area contributed by atoms with Gasteiger partial charge in [-0.05, 0) is 6.92 Å². The standard InChI is InChI=1S/C15H22N4OS/c1-10-11(21-9-17-10)6-7-20-13-8-12(16-5)18-14(19-13)15(2,3)4/h8-9H,6-7H2,1-5H3,(H,16,18,19). The van der Waals surface area contributed by atoms with Crippen LogP contribution in [0.5, 0.6) is 5.88 Å². The van der Waals surface area contributed by atoms with E-state index in [0.29, 0.717) is 12.5 Å². The van der Waals surface area contributed by atoms with E-state index < -0.39 is 0 Å². The van der Waals surface area contributed by atoms with Gasteiger partial charge in [-0.2, -0.15) is 4.98 Å². The molecule has 0 spiro atoms. The van der Waals surface area contributed by atoms with Crippen molar-refractivity contribution in [2.24, 2.45) is 0 Å². The van der Waals surface area contributed by atoms with Crippen molar-refractivity contribution < 1.29 is 4.74 Å². The molecule has 0 radical (unpaired) electrons. The van der Waals surface area contributed by atoms with E-state index in [0.717, 1.165) is 23.8 Å². The van der Waals surface area contributed by atoms with Gasteiger partial charge in [-0.3, -0.25) is 0 Å². The molecule has 0 aliphatic heterocycles. The fraction of sp³-hybridized carbons (Fsp3) is 0.533. The summed E-state index contributed by atoms with van der Waals surface area (Å²) in [6.07, 6.45) is 0.847. The molecular weight excluding hydrogens is 284 g/mol. The lowest BCUT2D eigenvalue weighted by atomic mass is 9.96. The number of ether oxygens (including phenoxy) is 1. The second-order valence-corrected chi connectivity index (χ2v) is 6.81. The number of thiazole rings is 1. The third-order valence-electron chi connectivity index (χ3n) is 3.05. The fourth-order valence-corrected chi connectivity index (χ4v) is 2.54. The summed E-state index contributed by atoms with van der Waals surface area (Å²) in [6, 6.07) is 1.83. The fourth-order valence-electron chi connectivity index (χ4n) is 1.78. The lowest BCUT2D eigenvalue weighted by Gasteiger charge is -2.18. The number of aromatic nitrogens is 3. The highest BCUT2D eigenvalue weighted by molar-refractivity contribution is 7.09. The summed E-state index contributed by atoms with van der Waals surface area (Å²) < 4.78 is 5.80. The molecule has 0 fully saturated rings. The van der Waals surface area contributed by atoms with Gasteiger partial charge in [-0.15, -0.1) is 11.3 Å². The van der Waals surface area contributed by atoms with Crippen LogP contribution >= 0.6 is 11.3 Å². The van der Waals surface area contributed by atoms with E-state index in [1.54, 1.807) is 11.3 Å². The van der Waals surface area contributed by atoms with Crippen LogP contribution in [0.3, 0.4) is 0 Å². The summed E-state index contributed by atoms with van der Waals surface area (Å²) in [5, 5.41) is 3.05. The quantitative estimate of drug-likeness (QED) is 0.919. The molecule has 0 saturated carbocycles. The van der Waals surface area contributed by atoms with Gasteiger partial charge < -0.3 is 10.1 Å². The average molecular weight is 306 g/mol. The van der Waals surface area contributed by atoms with E-state index in [-0.39, 0.29) is 5.41 Å². The number of aryl methyl sites for hydroxylation is 1. The second-order valence-electron chi connectivity index (χ2n) is 5.87. The van der Waals surface area contributed by atoms with Crippen LogP contribution in [-0.2, 0) is 11.8 Å². The van der Waals surface area contributed by atoms with Crippen LogP contribution in [0.1, 0.15) is 37.2 Å². The smallest absolute Gasteiger partial charge is 0.218 e. The predicted molar refractivity (Wildman–Crippen MR) is 86.3 cm³/mol. The SMILES string of the molecule is CNc1cc(OCCc2scnc2C)nc(C(C)(C)C)n1. The van der Waals surface area contributed by atoms with Gasteiger partial charge in [0, 0.05) is 29.8 Å². The lowest BCUT2D eigenvalue weighted by Crippen LogP contribution is -2.17. The van der Waals surface area contributed by atoms with Crippen LogP contribution in [0, 0.1) is 6.92 Å². The zero-order valence-electron chi connectivity index (χ0n) is 13.2. The van der Waals surface area contributed by atoms with Gasteiger partial charge in [-0.1, -0.05) is 20.8 Å². The van der Waals surface area contributed by atoms with Gasteiger partial charge in [0.15, 0.2) is 0 Å². The number of hydrogen-bond donors (Lipinski definition) is 1.